The summed E-state index contributed by atoms with van der Waals surface area (Å²) < 4.78 is 0. The second-order valence-electron chi connectivity index (χ2n) is 3.79. The van der Waals surface area contributed by atoms with Crippen LogP contribution in [-0.4, -0.2) is 10.9 Å². The summed E-state index contributed by atoms with van der Waals surface area (Å²) >= 11 is 0. The third kappa shape index (κ3) is 3.72. The molecule has 86 valence electrons. The molecule has 0 fully saturated rings. The van der Waals surface area contributed by atoms with Crippen LogP contribution in [0.1, 0.15) is 11.1 Å². The lowest BCUT2D eigenvalue weighted by Gasteiger charge is -2.05. The molecule has 1 aromatic carbocycles. The fourth-order valence-corrected chi connectivity index (χ4v) is 1.55. The molecule has 0 spiro atoms. The van der Waals surface area contributed by atoms with Crippen molar-refractivity contribution in [2.75, 3.05) is 0 Å². The summed E-state index contributed by atoms with van der Waals surface area (Å²) in [5.41, 5.74) is 2.08. The summed E-state index contributed by atoms with van der Waals surface area (Å²) in [6.45, 7) is 0.574. The Balaban J connectivity index is 1.83. The van der Waals surface area contributed by atoms with Gasteiger partial charge in [-0.3, -0.25) is 9.78 Å². The summed E-state index contributed by atoms with van der Waals surface area (Å²) in [5.74, 6) is 0.0278. The number of aromatic nitrogens is 1. The predicted molar refractivity (Wildman–Crippen MR) is 66.2 cm³/mol. The van der Waals surface area contributed by atoms with E-state index in [1.54, 1.807) is 12.4 Å². The number of carbonyl (C=O) groups is 1. The Bertz CT molecular complexity index is 468. The van der Waals surface area contributed by atoms with Gasteiger partial charge in [0.2, 0.25) is 5.91 Å². The lowest BCUT2D eigenvalue weighted by molar-refractivity contribution is -0.120. The molecule has 3 heteroatoms. The molecule has 3 nitrogen and oxygen atoms in total. The zero-order valence-corrected chi connectivity index (χ0v) is 9.47. The highest BCUT2D eigenvalue weighted by Crippen LogP contribution is 2.00. The minimum absolute atomic E-state index is 0.0278. The maximum atomic E-state index is 11.7. The van der Waals surface area contributed by atoms with Gasteiger partial charge >= 0.3 is 0 Å². The Morgan fingerprint density at radius 3 is 2.41 bits per heavy atom. The number of amides is 1. The summed E-state index contributed by atoms with van der Waals surface area (Å²) in [6.07, 6.45) is 3.79. The topological polar surface area (TPSA) is 42.0 Å². The minimum atomic E-state index is 0.0278. The summed E-state index contributed by atoms with van der Waals surface area (Å²) in [7, 11) is 0. The number of carbonyl (C=O) groups excluding carboxylic acids is 1. The molecule has 0 saturated carbocycles. The normalized spacial score (nSPS) is 9.88. The largest absolute Gasteiger partial charge is 0.352 e. The van der Waals surface area contributed by atoms with Crippen molar-refractivity contribution in [1.82, 2.24) is 10.3 Å². The summed E-state index contributed by atoms with van der Waals surface area (Å²) in [5, 5.41) is 2.89. The molecule has 0 aliphatic heterocycles. The van der Waals surface area contributed by atoms with Crippen LogP contribution in [0.2, 0.25) is 0 Å². The van der Waals surface area contributed by atoms with E-state index in [-0.39, 0.29) is 5.91 Å². The monoisotopic (exact) mass is 226 g/mol. The number of benzene rings is 1. The highest BCUT2D eigenvalue weighted by atomic mass is 16.1. The van der Waals surface area contributed by atoms with Gasteiger partial charge < -0.3 is 5.32 Å². The van der Waals surface area contributed by atoms with Crippen LogP contribution >= 0.6 is 0 Å². The van der Waals surface area contributed by atoms with Gasteiger partial charge in [-0.1, -0.05) is 30.3 Å². The van der Waals surface area contributed by atoms with E-state index in [1.807, 2.05) is 42.5 Å². The Kier molecular flexibility index (Phi) is 3.86. The van der Waals surface area contributed by atoms with Gasteiger partial charge in [-0.15, -0.1) is 0 Å². The van der Waals surface area contributed by atoms with E-state index in [0.717, 1.165) is 11.1 Å². The zero-order valence-electron chi connectivity index (χ0n) is 9.47. The Labute approximate surface area is 101 Å². The van der Waals surface area contributed by atoms with Crippen molar-refractivity contribution in [2.24, 2.45) is 0 Å². The van der Waals surface area contributed by atoms with E-state index >= 15 is 0 Å². The van der Waals surface area contributed by atoms with E-state index in [4.69, 9.17) is 0 Å². The molecule has 1 aromatic heterocycles. The van der Waals surface area contributed by atoms with Crippen LogP contribution in [0.3, 0.4) is 0 Å². The van der Waals surface area contributed by atoms with Crippen LogP contribution in [-0.2, 0) is 17.8 Å². The zero-order chi connectivity index (χ0) is 11.9. The predicted octanol–water partition coefficient (Wildman–Crippen LogP) is 1.94. The van der Waals surface area contributed by atoms with Crippen molar-refractivity contribution < 1.29 is 4.79 Å². The maximum Gasteiger partial charge on any atom is 0.224 e. The van der Waals surface area contributed by atoms with E-state index < -0.39 is 0 Å². The first-order valence-electron chi connectivity index (χ1n) is 5.54. The van der Waals surface area contributed by atoms with Crippen LogP contribution in [0.15, 0.2) is 54.9 Å². The third-order valence-electron chi connectivity index (χ3n) is 2.45. The standard InChI is InChI=1S/C14H14N2O/c17-14(10-12-6-8-15-9-7-12)16-11-13-4-2-1-3-5-13/h1-9H,10-11H2,(H,16,17). The van der Waals surface area contributed by atoms with Gasteiger partial charge in [0.05, 0.1) is 6.42 Å². The Morgan fingerprint density at radius 2 is 1.71 bits per heavy atom. The van der Waals surface area contributed by atoms with Crippen LogP contribution in [0.4, 0.5) is 0 Å². The first kappa shape index (κ1) is 11.3. The molecule has 1 N–H and O–H groups in total. The molecule has 1 heterocycles. The average Bonchev–Trinajstić information content (AvgIpc) is 2.39. The smallest absolute Gasteiger partial charge is 0.224 e. The Hall–Kier alpha value is -2.16. The summed E-state index contributed by atoms with van der Waals surface area (Å²) in [6, 6.07) is 13.6. The quantitative estimate of drug-likeness (QED) is 0.865. The SMILES string of the molecule is O=C(Cc1ccncc1)NCc1ccccc1. The number of hydrogen-bond acceptors (Lipinski definition) is 2. The number of rotatable bonds is 4. The van der Waals surface area contributed by atoms with E-state index in [9.17, 15) is 4.79 Å². The average molecular weight is 226 g/mol. The molecule has 1 amide bonds. The second kappa shape index (κ2) is 5.80. The van der Waals surface area contributed by atoms with Crippen molar-refractivity contribution in [3.63, 3.8) is 0 Å². The fourth-order valence-electron chi connectivity index (χ4n) is 1.55. The number of nitrogens with zero attached hydrogens (tertiary/aromatic N) is 1. The lowest BCUT2D eigenvalue weighted by Crippen LogP contribution is -2.24. The van der Waals surface area contributed by atoms with E-state index in [2.05, 4.69) is 10.3 Å². The van der Waals surface area contributed by atoms with Gasteiger partial charge in [0, 0.05) is 18.9 Å². The first-order valence-corrected chi connectivity index (χ1v) is 5.54. The minimum Gasteiger partial charge on any atom is -0.352 e. The summed E-state index contributed by atoms with van der Waals surface area (Å²) in [4.78, 5) is 15.6. The molecule has 0 atom stereocenters. The number of hydrogen-bond donors (Lipinski definition) is 1. The van der Waals surface area contributed by atoms with E-state index in [0.29, 0.717) is 13.0 Å². The van der Waals surface area contributed by atoms with Crippen LogP contribution in [0, 0.1) is 0 Å². The molecule has 0 bridgehead atoms. The van der Waals surface area contributed by atoms with Crippen LogP contribution in [0.25, 0.3) is 0 Å². The van der Waals surface area contributed by atoms with Gasteiger partial charge in [-0.2, -0.15) is 0 Å². The maximum absolute atomic E-state index is 11.7. The molecule has 0 saturated heterocycles. The van der Waals surface area contributed by atoms with Crippen molar-refractivity contribution in [3.05, 3.63) is 66.0 Å². The van der Waals surface area contributed by atoms with Crippen molar-refractivity contribution in [2.45, 2.75) is 13.0 Å². The molecule has 2 aromatic rings. The fraction of sp³-hybridized carbons (Fsp3) is 0.143. The van der Waals surface area contributed by atoms with Crippen LogP contribution in [0.5, 0.6) is 0 Å². The molecule has 0 aliphatic rings. The van der Waals surface area contributed by atoms with Gasteiger partial charge in [0.15, 0.2) is 0 Å². The Morgan fingerprint density at radius 1 is 1.00 bits per heavy atom. The van der Waals surface area contributed by atoms with Crippen molar-refractivity contribution >= 4 is 5.91 Å². The van der Waals surface area contributed by atoms with Crippen LogP contribution < -0.4 is 5.32 Å². The third-order valence-corrected chi connectivity index (χ3v) is 2.45. The van der Waals surface area contributed by atoms with Gasteiger partial charge in [-0.05, 0) is 23.3 Å². The van der Waals surface area contributed by atoms with E-state index in [1.165, 1.54) is 0 Å². The molecule has 0 unspecified atom stereocenters. The number of nitrogens with one attached hydrogen (secondary N) is 1. The molecule has 17 heavy (non-hydrogen) atoms. The highest BCUT2D eigenvalue weighted by Gasteiger charge is 2.02. The van der Waals surface area contributed by atoms with Gasteiger partial charge in [0.25, 0.3) is 0 Å². The van der Waals surface area contributed by atoms with Gasteiger partial charge in [-0.25, -0.2) is 0 Å². The molecular weight excluding hydrogens is 212 g/mol. The van der Waals surface area contributed by atoms with Crippen molar-refractivity contribution in [1.29, 1.82) is 0 Å². The molecule has 2 rings (SSSR count). The number of pyridine rings is 1. The molecule has 0 aliphatic carbocycles. The van der Waals surface area contributed by atoms with Gasteiger partial charge in [0.1, 0.15) is 0 Å². The second-order valence-corrected chi connectivity index (χ2v) is 3.79. The first-order chi connectivity index (χ1) is 8.34. The molecule has 0 radical (unpaired) electrons. The highest BCUT2D eigenvalue weighted by molar-refractivity contribution is 5.78. The van der Waals surface area contributed by atoms with Crippen molar-refractivity contribution in [3.8, 4) is 0 Å². The lowest BCUT2D eigenvalue weighted by atomic mass is 10.2. The molecular formula is C14H14N2O.